The molecule has 1 aromatic heterocycles. The van der Waals surface area contributed by atoms with Crippen LogP contribution in [-0.2, 0) is 17.7 Å². The molecule has 1 aliphatic rings. The van der Waals surface area contributed by atoms with Gasteiger partial charge in [0.25, 0.3) is 0 Å². The number of benzene rings is 1. The van der Waals surface area contributed by atoms with Crippen LogP contribution in [0.2, 0.25) is 0 Å². The predicted octanol–water partition coefficient (Wildman–Crippen LogP) is 3.81. The highest BCUT2D eigenvalue weighted by Gasteiger charge is 2.31. The highest BCUT2D eigenvalue weighted by molar-refractivity contribution is 5.28. The number of hydrogen-bond acceptors (Lipinski definition) is 3. The van der Waals surface area contributed by atoms with Crippen LogP contribution in [0.4, 0.5) is 0 Å². The molecule has 1 aromatic carbocycles. The van der Waals surface area contributed by atoms with E-state index in [0.717, 1.165) is 38.2 Å². The smallest absolute Gasteiger partial charge is 0.119 e. The van der Waals surface area contributed by atoms with Crippen molar-refractivity contribution in [1.29, 1.82) is 0 Å². The van der Waals surface area contributed by atoms with E-state index in [-0.39, 0.29) is 5.60 Å². The minimum Gasteiger partial charge on any atom is -0.497 e. The fraction of sp³-hybridized carbons (Fsp3) is 0.526. The minimum atomic E-state index is -0.0491. The molecule has 0 N–H and O–H groups in total. The van der Waals surface area contributed by atoms with Crippen LogP contribution < -0.4 is 4.74 Å². The largest absolute Gasteiger partial charge is 0.497 e. The lowest BCUT2D eigenvalue weighted by atomic mass is 9.88. The van der Waals surface area contributed by atoms with E-state index in [1.165, 1.54) is 11.4 Å². The second-order valence-electron chi connectivity index (χ2n) is 6.88. The average molecular weight is 314 g/mol. The van der Waals surface area contributed by atoms with Gasteiger partial charge in [0.05, 0.1) is 12.7 Å². The molecule has 2 heterocycles. The number of hydrogen-bond donors (Lipinski definition) is 0. The standard InChI is InChI=1S/C19H26N2O2/c1-19(2)14-16(8-12-23-19)18-20-9-11-21(18)10-7-15-5-4-6-17(13-15)22-3/h4-6,9,11,13,16H,7-8,10,12,14H2,1-3H3. The van der Waals surface area contributed by atoms with Crippen LogP contribution in [0, 0.1) is 0 Å². The Kier molecular flexibility index (Phi) is 4.71. The Morgan fingerprint density at radius 2 is 2.26 bits per heavy atom. The van der Waals surface area contributed by atoms with Gasteiger partial charge in [0.1, 0.15) is 11.6 Å². The molecular weight excluding hydrogens is 288 g/mol. The number of methoxy groups -OCH3 is 1. The second kappa shape index (κ2) is 6.75. The van der Waals surface area contributed by atoms with Gasteiger partial charge in [-0.15, -0.1) is 0 Å². The van der Waals surface area contributed by atoms with Gasteiger partial charge in [-0.05, 0) is 50.8 Å². The summed E-state index contributed by atoms with van der Waals surface area (Å²) >= 11 is 0. The third-order valence-electron chi connectivity index (χ3n) is 4.59. The number of aryl methyl sites for hydroxylation is 2. The Hall–Kier alpha value is -1.81. The molecule has 1 fully saturated rings. The third-order valence-corrected chi connectivity index (χ3v) is 4.59. The first-order valence-electron chi connectivity index (χ1n) is 8.35. The molecule has 1 unspecified atom stereocenters. The van der Waals surface area contributed by atoms with Gasteiger partial charge in [-0.2, -0.15) is 0 Å². The summed E-state index contributed by atoms with van der Waals surface area (Å²) < 4.78 is 13.4. The molecule has 1 saturated heterocycles. The predicted molar refractivity (Wildman–Crippen MR) is 90.9 cm³/mol. The van der Waals surface area contributed by atoms with Gasteiger partial charge in [-0.1, -0.05) is 12.1 Å². The summed E-state index contributed by atoms with van der Waals surface area (Å²) in [4.78, 5) is 4.63. The zero-order valence-corrected chi connectivity index (χ0v) is 14.3. The summed E-state index contributed by atoms with van der Waals surface area (Å²) in [5.74, 6) is 2.60. The SMILES string of the molecule is COc1cccc(CCn2ccnc2C2CCOC(C)(C)C2)c1. The first-order valence-corrected chi connectivity index (χ1v) is 8.35. The summed E-state index contributed by atoms with van der Waals surface area (Å²) in [5, 5.41) is 0. The molecule has 0 amide bonds. The van der Waals surface area contributed by atoms with E-state index in [1.54, 1.807) is 7.11 Å². The van der Waals surface area contributed by atoms with Crippen molar-refractivity contribution in [2.45, 2.75) is 51.2 Å². The van der Waals surface area contributed by atoms with Gasteiger partial charge < -0.3 is 14.0 Å². The molecule has 4 heteroatoms. The molecular formula is C19H26N2O2. The van der Waals surface area contributed by atoms with Crippen molar-refractivity contribution in [3.63, 3.8) is 0 Å². The van der Waals surface area contributed by atoms with Crippen molar-refractivity contribution >= 4 is 0 Å². The summed E-state index contributed by atoms with van der Waals surface area (Å²) in [6.07, 6.45) is 7.08. The molecule has 0 radical (unpaired) electrons. The Morgan fingerprint density at radius 3 is 3.04 bits per heavy atom. The first-order chi connectivity index (χ1) is 11.1. The molecule has 1 atom stereocenters. The average Bonchev–Trinajstić information content (AvgIpc) is 3.01. The van der Waals surface area contributed by atoms with Crippen molar-refractivity contribution in [1.82, 2.24) is 9.55 Å². The van der Waals surface area contributed by atoms with Crippen molar-refractivity contribution in [2.24, 2.45) is 0 Å². The fourth-order valence-electron chi connectivity index (χ4n) is 3.40. The summed E-state index contributed by atoms with van der Waals surface area (Å²) in [6.45, 7) is 6.10. The van der Waals surface area contributed by atoms with E-state index >= 15 is 0 Å². The van der Waals surface area contributed by atoms with Crippen LogP contribution in [0.5, 0.6) is 5.75 Å². The maximum absolute atomic E-state index is 5.84. The molecule has 1 aliphatic heterocycles. The summed E-state index contributed by atoms with van der Waals surface area (Å²) in [6, 6.07) is 8.28. The lowest BCUT2D eigenvalue weighted by Gasteiger charge is -2.35. The number of nitrogens with zero attached hydrogens (tertiary/aromatic N) is 2. The zero-order valence-electron chi connectivity index (χ0n) is 14.3. The molecule has 2 aromatic rings. The molecule has 23 heavy (non-hydrogen) atoms. The quantitative estimate of drug-likeness (QED) is 0.842. The van der Waals surface area contributed by atoms with Crippen molar-refractivity contribution < 1.29 is 9.47 Å². The monoisotopic (exact) mass is 314 g/mol. The number of ether oxygens (including phenoxy) is 2. The highest BCUT2D eigenvalue weighted by atomic mass is 16.5. The maximum atomic E-state index is 5.84. The Balaban J connectivity index is 1.68. The molecule has 124 valence electrons. The Morgan fingerprint density at radius 1 is 1.39 bits per heavy atom. The van der Waals surface area contributed by atoms with Crippen molar-refractivity contribution in [3.05, 3.63) is 48.0 Å². The minimum absolute atomic E-state index is 0.0491. The molecule has 3 rings (SSSR count). The Labute approximate surface area is 138 Å². The van der Waals surface area contributed by atoms with Crippen molar-refractivity contribution in [3.8, 4) is 5.75 Å². The molecule has 0 saturated carbocycles. The molecule has 0 spiro atoms. The van der Waals surface area contributed by atoms with E-state index in [0.29, 0.717) is 5.92 Å². The van der Waals surface area contributed by atoms with Crippen LogP contribution in [0.25, 0.3) is 0 Å². The lowest BCUT2D eigenvalue weighted by molar-refractivity contribution is -0.0606. The van der Waals surface area contributed by atoms with Crippen LogP contribution in [0.15, 0.2) is 36.7 Å². The topological polar surface area (TPSA) is 36.3 Å². The van der Waals surface area contributed by atoms with E-state index in [4.69, 9.17) is 9.47 Å². The molecule has 0 bridgehead atoms. The first kappa shape index (κ1) is 16.1. The second-order valence-corrected chi connectivity index (χ2v) is 6.88. The van der Waals surface area contributed by atoms with E-state index in [2.05, 4.69) is 41.7 Å². The van der Waals surface area contributed by atoms with Gasteiger partial charge in [-0.3, -0.25) is 0 Å². The van der Waals surface area contributed by atoms with Crippen LogP contribution in [-0.4, -0.2) is 28.9 Å². The lowest BCUT2D eigenvalue weighted by Crippen LogP contribution is -2.34. The molecule has 4 nitrogen and oxygen atoms in total. The van der Waals surface area contributed by atoms with Gasteiger partial charge in [0.15, 0.2) is 0 Å². The Bertz CT molecular complexity index is 648. The van der Waals surface area contributed by atoms with Crippen LogP contribution in [0.1, 0.15) is 44.0 Å². The van der Waals surface area contributed by atoms with Gasteiger partial charge >= 0.3 is 0 Å². The number of aromatic nitrogens is 2. The molecule has 0 aliphatic carbocycles. The highest BCUT2D eigenvalue weighted by Crippen LogP contribution is 2.34. The van der Waals surface area contributed by atoms with Crippen LogP contribution >= 0.6 is 0 Å². The zero-order chi connectivity index (χ0) is 16.3. The van der Waals surface area contributed by atoms with Gasteiger partial charge in [-0.25, -0.2) is 4.98 Å². The van der Waals surface area contributed by atoms with Crippen molar-refractivity contribution in [2.75, 3.05) is 13.7 Å². The third kappa shape index (κ3) is 3.94. The van der Waals surface area contributed by atoms with E-state index in [9.17, 15) is 0 Å². The van der Waals surface area contributed by atoms with E-state index in [1.807, 2.05) is 18.3 Å². The van der Waals surface area contributed by atoms with Gasteiger partial charge in [0.2, 0.25) is 0 Å². The van der Waals surface area contributed by atoms with E-state index < -0.39 is 0 Å². The van der Waals surface area contributed by atoms with Gasteiger partial charge in [0, 0.05) is 31.5 Å². The normalized spacial score (nSPS) is 20.4. The number of rotatable bonds is 5. The summed E-state index contributed by atoms with van der Waals surface area (Å²) in [7, 11) is 1.71. The van der Waals surface area contributed by atoms with Crippen LogP contribution in [0.3, 0.4) is 0 Å². The number of imidazole rings is 1. The summed E-state index contributed by atoms with van der Waals surface area (Å²) in [5.41, 5.74) is 1.24. The fourth-order valence-corrected chi connectivity index (χ4v) is 3.40. The maximum Gasteiger partial charge on any atom is 0.119 e.